The number of esters is 1. The molecule has 0 saturated carbocycles. The minimum atomic E-state index is -0.318. The molecule has 1 N–H and O–H groups in total. The minimum Gasteiger partial charge on any atom is -0.459 e. The van der Waals surface area contributed by atoms with Crippen LogP contribution in [0, 0.1) is 0 Å². The Bertz CT molecular complexity index is 1090. The van der Waals surface area contributed by atoms with Crippen molar-refractivity contribution >= 4 is 28.6 Å². The number of imidazole rings is 1. The summed E-state index contributed by atoms with van der Waals surface area (Å²) in [6, 6.07) is 15.9. The third kappa shape index (κ3) is 3.35. The highest BCUT2D eigenvalue weighted by molar-refractivity contribution is 5.94. The maximum atomic E-state index is 13.1. The Kier molecular flexibility index (Phi) is 4.78. The Morgan fingerprint density at radius 1 is 1.14 bits per heavy atom. The highest BCUT2D eigenvalue weighted by atomic mass is 16.5. The smallest absolute Gasteiger partial charge is 0.338 e. The second-order valence-electron chi connectivity index (χ2n) is 7.80. The summed E-state index contributed by atoms with van der Waals surface area (Å²) in [5.41, 5.74) is 5.34. The summed E-state index contributed by atoms with van der Waals surface area (Å²) in [5.74, 6) is 0.418. The zero-order chi connectivity index (χ0) is 20.7. The summed E-state index contributed by atoms with van der Waals surface area (Å²) in [4.78, 5) is 19.9. The Labute approximate surface area is 170 Å². The van der Waals surface area contributed by atoms with Crippen molar-refractivity contribution in [2.75, 3.05) is 24.3 Å². The molecule has 1 aliphatic heterocycles. The number of fused-ring (bicyclic) bond motifs is 3. The van der Waals surface area contributed by atoms with Gasteiger partial charge in [0.15, 0.2) is 0 Å². The van der Waals surface area contributed by atoms with Crippen molar-refractivity contribution in [3.05, 3.63) is 65.4 Å². The summed E-state index contributed by atoms with van der Waals surface area (Å²) in [6.07, 6.45) is -0.194. The monoisotopic (exact) mass is 390 g/mol. The molecule has 6 heteroatoms. The number of hydrogen-bond donors (Lipinski definition) is 1. The van der Waals surface area contributed by atoms with Crippen LogP contribution in [0.15, 0.2) is 59.8 Å². The molecule has 0 unspecified atom stereocenters. The van der Waals surface area contributed by atoms with E-state index in [-0.39, 0.29) is 18.1 Å². The fourth-order valence-corrected chi connectivity index (χ4v) is 3.78. The fourth-order valence-electron chi connectivity index (χ4n) is 3.78. The zero-order valence-electron chi connectivity index (χ0n) is 17.4. The maximum absolute atomic E-state index is 13.1. The molecular formula is C23H26N4O2. The van der Waals surface area contributed by atoms with Crippen LogP contribution in [0.3, 0.4) is 0 Å². The van der Waals surface area contributed by atoms with E-state index < -0.39 is 0 Å². The number of para-hydroxylation sites is 2. The van der Waals surface area contributed by atoms with Crippen molar-refractivity contribution < 1.29 is 9.53 Å². The molecule has 3 aromatic rings. The molecule has 0 bridgehead atoms. The van der Waals surface area contributed by atoms with Gasteiger partial charge < -0.3 is 15.0 Å². The van der Waals surface area contributed by atoms with Crippen molar-refractivity contribution in [1.82, 2.24) is 9.55 Å². The summed E-state index contributed by atoms with van der Waals surface area (Å²) in [7, 11) is 4.02. The number of rotatable bonds is 4. The number of carbonyl (C=O) groups is 1. The van der Waals surface area contributed by atoms with E-state index >= 15 is 0 Å². The SMILES string of the molecule is CC1=C(C(=O)OC(C)C)[C@@H](c2ccc(N(C)C)cc2)n2c(nc3ccccc32)N1. The van der Waals surface area contributed by atoms with Gasteiger partial charge in [-0.05, 0) is 50.6 Å². The predicted octanol–water partition coefficient (Wildman–Crippen LogP) is 4.34. The summed E-state index contributed by atoms with van der Waals surface area (Å²) in [5, 5.41) is 3.31. The Hall–Kier alpha value is -3.28. The van der Waals surface area contributed by atoms with E-state index in [4.69, 9.17) is 9.72 Å². The van der Waals surface area contributed by atoms with Gasteiger partial charge in [0.05, 0.1) is 28.8 Å². The molecule has 0 amide bonds. The molecule has 0 saturated heterocycles. The average Bonchev–Trinajstić information content (AvgIpc) is 3.04. The van der Waals surface area contributed by atoms with E-state index in [1.165, 1.54) is 0 Å². The highest BCUT2D eigenvalue weighted by Gasteiger charge is 2.35. The number of nitrogens with zero attached hydrogens (tertiary/aromatic N) is 3. The molecule has 1 atom stereocenters. The second-order valence-corrected chi connectivity index (χ2v) is 7.80. The first kappa shape index (κ1) is 19.1. The van der Waals surface area contributed by atoms with Gasteiger partial charge in [0.1, 0.15) is 0 Å². The first-order valence-electron chi connectivity index (χ1n) is 9.80. The standard InChI is InChI=1S/C23H26N4O2/c1-14(2)29-22(28)20-15(3)24-23-25-18-8-6-7-9-19(18)27(23)21(20)16-10-12-17(13-11-16)26(4)5/h6-14,21H,1-5H3,(H,24,25)/t21-/m1/s1. The lowest BCUT2D eigenvalue weighted by molar-refractivity contribution is -0.143. The molecular weight excluding hydrogens is 364 g/mol. The summed E-state index contributed by atoms with van der Waals surface area (Å²) >= 11 is 0. The largest absolute Gasteiger partial charge is 0.459 e. The molecule has 2 heterocycles. The molecule has 6 nitrogen and oxygen atoms in total. The Morgan fingerprint density at radius 2 is 1.83 bits per heavy atom. The number of anilines is 2. The van der Waals surface area contributed by atoms with Crippen molar-refractivity contribution in [3.8, 4) is 0 Å². The van der Waals surface area contributed by atoms with Gasteiger partial charge in [-0.25, -0.2) is 9.78 Å². The molecule has 1 aromatic heterocycles. The lowest BCUT2D eigenvalue weighted by Crippen LogP contribution is -2.30. The van der Waals surface area contributed by atoms with Gasteiger partial charge in [-0.15, -0.1) is 0 Å². The van der Waals surface area contributed by atoms with E-state index in [1.54, 1.807) is 0 Å². The van der Waals surface area contributed by atoms with Crippen LogP contribution >= 0.6 is 0 Å². The molecule has 1 aliphatic rings. The Morgan fingerprint density at radius 3 is 2.48 bits per heavy atom. The normalized spacial score (nSPS) is 16.0. The molecule has 29 heavy (non-hydrogen) atoms. The van der Waals surface area contributed by atoms with E-state index in [1.807, 2.05) is 59.1 Å². The summed E-state index contributed by atoms with van der Waals surface area (Å²) < 4.78 is 7.69. The van der Waals surface area contributed by atoms with Gasteiger partial charge in [0.25, 0.3) is 0 Å². The Balaban J connectivity index is 1.92. The minimum absolute atomic E-state index is 0.194. The topological polar surface area (TPSA) is 59.4 Å². The molecule has 4 rings (SSSR count). The first-order valence-corrected chi connectivity index (χ1v) is 9.80. The van der Waals surface area contributed by atoms with E-state index in [9.17, 15) is 4.79 Å². The molecule has 0 aliphatic carbocycles. The number of aromatic nitrogens is 2. The number of benzene rings is 2. The number of carbonyl (C=O) groups excluding carboxylic acids is 1. The van der Waals surface area contributed by atoms with Crippen LogP contribution in [0.5, 0.6) is 0 Å². The van der Waals surface area contributed by atoms with Gasteiger partial charge in [0.2, 0.25) is 5.95 Å². The third-order valence-corrected chi connectivity index (χ3v) is 5.12. The number of allylic oxidation sites excluding steroid dienone is 1. The van der Waals surface area contributed by atoms with Crippen LogP contribution in [0.2, 0.25) is 0 Å². The number of hydrogen-bond acceptors (Lipinski definition) is 5. The average molecular weight is 390 g/mol. The van der Waals surface area contributed by atoms with Crippen LogP contribution in [0.25, 0.3) is 11.0 Å². The molecule has 150 valence electrons. The molecule has 0 fully saturated rings. The van der Waals surface area contributed by atoms with Crippen LogP contribution in [0.1, 0.15) is 32.4 Å². The molecule has 2 aromatic carbocycles. The maximum Gasteiger partial charge on any atom is 0.338 e. The van der Waals surface area contributed by atoms with Crippen LogP contribution in [0.4, 0.5) is 11.6 Å². The van der Waals surface area contributed by atoms with Crippen LogP contribution in [-0.4, -0.2) is 35.7 Å². The molecule has 0 radical (unpaired) electrons. The van der Waals surface area contributed by atoms with Crippen molar-refractivity contribution in [2.45, 2.75) is 32.9 Å². The zero-order valence-corrected chi connectivity index (χ0v) is 17.4. The fraction of sp³-hybridized carbons (Fsp3) is 0.304. The van der Waals surface area contributed by atoms with Gasteiger partial charge in [-0.1, -0.05) is 24.3 Å². The highest BCUT2D eigenvalue weighted by Crippen LogP contribution is 2.40. The second kappa shape index (κ2) is 7.28. The van der Waals surface area contributed by atoms with E-state index in [2.05, 4.69) is 39.0 Å². The third-order valence-electron chi connectivity index (χ3n) is 5.12. The number of ether oxygens (including phenoxy) is 1. The van der Waals surface area contributed by atoms with Gasteiger partial charge in [0, 0.05) is 25.5 Å². The van der Waals surface area contributed by atoms with Crippen molar-refractivity contribution in [1.29, 1.82) is 0 Å². The quantitative estimate of drug-likeness (QED) is 0.672. The molecule has 0 spiro atoms. The van der Waals surface area contributed by atoms with Gasteiger partial charge in [-0.3, -0.25) is 4.57 Å². The van der Waals surface area contributed by atoms with Crippen LogP contribution < -0.4 is 10.2 Å². The van der Waals surface area contributed by atoms with E-state index in [0.717, 1.165) is 33.9 Å². The van der Waals surface area contributed by atoms with Crippen molar-refractivity contribution in [2.24, 2.45) is 0 Å². The van der Waals surface area contributed by atoms with Gasteiger partial charge >= 0.3 is 5.97 Å². The lowest BCUT2D eigenvalue weighted by Gasteiger charge is -2.30. The van der Waals surface area contributed by atoms with Crippen LogP contribution in [-0.2, 0) is 9.53 Å². The van der Waals surface area contributed by atoms with Crippen molar-refractivity contribution in [3.63, 3.8) is 0 Å². The van der Waals surface area contributed by atoms with Gasteiger partial charge in [-0.2, -0.15) is 0 Å². The predicted molar refractivity (Wildman–Crippen MR) is 116 cm³/mol. The lowest BCUT2D eigenvalue weighted by atomic mass is 9.94. The number of nitrogens with one attached hydrogen (secondary N) is 1. The summed E-state index contributed by atoms with van der Waals surface area (Å²) in [6.45, 7) is 5.63. The first-order chi connectivity index (χ1) is 13.9. The van der Waals surface area contributed by atoms with E-state index in [0.29, 0.717) is 5.57 Å².